The summed E-state index contributed by atoms with van der Waals surface area (Å²) in [4.78, 5) is 19.7. The van der Waals surface area contributed by atoms with Gasteiger partial charge in [0.2, 0.25) is 5.88 Å². The lowest BCUT2D eigenvalue weighted by molar-refractivity contribution is -0.133. The first-order chi connectivity index (χ1) is 10.2. The number of aliphatic carboxylic acids is 1. The van der Waals surface area contributed by atoms with E-state index in [4.69, 9.17) is 9.84 Å². The van der Waals surface area contributed by atoms with E-state index in [2.05, 4.69) is 9.97 Å². The van der Waals surface area contributed by atoms with Crippen molar-refractivity contribution in [1.29, 1.82) is 0 Å². The number of methoxy groups -OCH3 is 1. The number of nitrogens with zero attached hydrogens (tertiary/aromatic N) is 3. The van der Waals surface area contributed by atoms with Crippen LogP contribution in [0.2, 0.25) is 0 Å². The van der Waals surface area contributed by atoms with Crippen LogP contribution in [0.25, 0.3) is 16.9 Å². The Hall–Kier alpha value is -2.06. The van der Waals surface area contributed by atoms with Gasteiger partial charge in [-0.25, -0.2) is 4.98 Å². The van der Waals surface area contributed by atoms with E-state index in [1.54, 1.807) is 24.5 Å². The Morgan fingerprint density at radius 3 is 2.95 bits per heavy atom. The number of pyridine rings is 1. The van der Waals surface area contributed by atoms with Gasteiger partial charge in [-0.3, -0.25) is 9.36 Å². The predicted molar refractivity (Wildman–Crippen MR) is 81.7 cm³/mol. The average Bonchev–Trinajstić information content (AvgIpc) is 3.10. The number of carboxylic acids is 1. The first kappa shape index (κ1) is 13.9. The summed E-state index contributed by atoms with van der Waals surface area (Å²) in [6, 6.07) is 5.49. The van der Waals surface area contributed by atoms with Gasteiger partial charge in [0.05, 0.1) is 18.6 Å². The van der Waals surface area contributed by atoms with Crippen molar-refractivity contribution in [3.05, 3.63) is 29.0 Å². The second-order valence-electron chi connectivity index (χ2n) is 4.09. The van der Waals surface area contributed by atoms with Gasteiger partial charge in [-0.2, -0.15) is 16.3 Å². The highest BCUT2D eigenvalue weighted by Gasteiger charge is 2.16. The number of imidazole rings is 1. The maximum atomic E-state index is 10.8. The molecule has 0 aromatic carbocycles. The molecule has 0 bridgehead atoms. The minimum absolute atomic E-state index is 0.0510. The molecule has 0 saturated heterocycles. The van der Waals surface area contributed by atoms with Gasteiger partial charge in [0, 0.05) is 11.4 Å². The Balaban J connectivity index is 2.16. The number of hydrogen-bond donors (Lipinski definition) is 1. The molecular formula is C13H11N3O3S2. The number of thioether (sulfide) groups is 1. The third-order valence-electron chi connectivity index (χ3n) is 2.75. The van der Waals surface area contributed by atoms with E-state index < -0.39 is 5.97 Å². The van der Waals surface area contributed by atoms with Gasteiger partial charge in [-0.05, 0) is 17.5 Å². The molecule has 1 N–H and O–H groups in total. The summed E-state index contributed by atoms with van der Waals surface area (Å²) >= 11 is 2.72. The van der Waals surface area contributed by atoms with Crippen LogP contribution in [0.1, 0.15) is 0 Å². The lowest BCUT2D eigenvalue weighted by Crippen LogP contribution is -2.01. The molecule has 0 aliphatic carbocycles. The Morgan fingerprint density at radius 1 is 1.43 bits per heavy atom. The molecule has 0 unspecified atom stereocenters. The molecule has 0 radical (unpaired) electrons. The van der Waals surface area contributed by atoms with Crippen LogP contribution in [0.5, 0.6) is 5.88 Å². The van der Waals surface area contributed by atoms with Gasteiger partial charge < -0.3 is 9.84 Å². The largest absolute Gasteiger partial charge is 0.481 e. The Bertz CT molecular complexity index is 783. The summed E-state index contributed by atoms with van der Waals surface area (Å²) in [5.41, 5.74) is 2.27. The molecule has 0 fully saturated rings. The second-order valence-corrected chi connectivity index (χ2v) is 5.81. The molecule has 21 heavy (non-hydrogen) atoms. The molecule has 3 aromatic rings. The summed E-state index contributed by atoms with van der Waals surface area (Å²) in [6.45, 7) is 0. The van der Waals surface area contributed by atoms with Crippen LogP contribution in [-0.2, 0) is 4.79 Å². The standard InChI is InChI=1S/C13H11N3O3S2/c1-19-10-3-2-9-12(15-10)16(8-4-5-20-6-8)13(14-9)21-7-11(17)18/h2-6H,7H2,1H3,(H,17,18). The van der Waals surface area contributed by atoms with Gasteiger partial charge in [-0.1, -0.05) is 11.8 Å². The highest BCUT2D eigenvalue weighted by atomic mass is 32.2. The molecule has 0 amide bonds. The molecule has 3 rings (SSSR count). The predicted octanol–water partition coefficient (Wildman–Crippen LogP) is 2.67. The molecule has 8 heteroatoms. The number of carboxylic acid groups (broad SMARTS) is 1. The quantitative estimate of drug-likeness (QED) is 0.728. The minimum Gasteiger partial charge on any atom is -0.481 e. The van der Waals surface area contributed by atoms with Crippen molar-refractivity contribution in [3.63, 3.8) is 0 Å². The van der Waals surface area contributed by atoms with Crippen molar-refractivity contribution < 1.29 is 14.6 Å². The van der Waals surface area contributed by atoms with Crippen LogP contribution in [-0.4, -0.2) is 38.5 Å². The molecule has 3 aromatic heterocycles. The first-order valence-corrected chi connectivity index (χ1v) is 7.92. The zero-order valence-corrected chi connectivity index (χ0v) is 12.6. The number of fused-ring (bicyclic) bond motifs is 1. The summed E-state index contributed by atoms with van der Waals surface area (Å²) < 4.78 is 7.00. The van der Waals surface area contributed by atoms with Crippen LogP contribution < -0.4 is 4.74 Å². The smallest absolute Gasteiger partial charge is 0.313 e. The molecule has 0 atom stereocenters. The van der Waals surface area contributed by atoms with Crippen LogP contribution >= 0.6 is 23.1 Å². The number of rotatable bonds is 5. The van der Waals surface area contributed by atoms with Crippen LogP contribution in [0.3, 0.4) is 0 Å². The van der Waals surface area contributed by atoms with E-state index in [1.807, 2.05) is 27.5 Å². The van der Waals surface area contributed by atoms with Crippen molar-refractivity contribution in [2.24, 2.45) is 0 Å². The second kappa shape index (κ2) is 5.74. The lowest BCUT2D eigenvalue weighted by atomic mass is 10.4. The SMILES string of the molecule is COc1ccc2nc(SCC(=O)O)n(-c3ccsc3)c2n1. The maximum Gasteiger partial charge on any atom is 0.313 e. The zero-order chi connectivity index (χ0) is 14.8. The van der Waals surface area contributed by atoms with E-state index in [0.717, 1.165) is 5.69 Å². The fourth-order valence-electron chi connectivity index (χ4n) is 1.87. The van der Waals surface area contributed by atoms with Gasteiger partial charge in [0.25, 0.3) is 0 Å². The maximum absolute atomic E-state index is 10.8. The molecule has 3 heterocycles. The number of hydrogen-bond acceptors (Lipinski definition) is 6. The van der Waals surface area contributed by atoms with Crippen LogP contribution in [0.4, 0.5) is 0 Å². The van der Waals surface area contributed by atoms with Crippen molar-refractivity contribution in [2.75, 3.05) is 12.9 Å². The molecule has 0 saturated carbocycles. The van der Waals surface area contributed by atoms with Crippen molar-refractivity contribution >= 4 is 40.2 Å². The van der Waals surface area contributed by atoms with Gasteiger partial charge in [-0.15, -0.1) is 0 Å². The highest BCUT2D eigenvalue weighted by Crippen LogP contribution is 2.29. The average molecular weight is 321 g/mol. The van der Waals surface area contributed by atoms with E-state index in [1.165, 1.54) is 11.8 Å². The monoisotopic (exact) mass is 321 g/mol. The minimum atomic E-state index is -0.880. The van der Waals surface area contributed by atoms with E-state index >= 15 is 0 Å². The Morgan fingerprint density at radius 2 is 2.29 bits per heavy atom. The van der Waals surface area contributed by atoms with E-state index in [0.29, 0.717) is 22.2 Å². The normalized spacial score (nSPS) is 10.9. The van der Waals surface area contributed by atoms with E-state index in [-0.39, 0.29) is 5.75 Å². The third kappa shape index (κ3) is 2.72. The zero-order valence-electron chi connectivity index (χ0n) is 11.0. The number of ether oxygens (including phenoxy) is 1. The van der Waals surface area contributed by atoms with E-state index in [9.17, 15) is 4.79 Å². The molecule has 0 aliphatic heterocycles. The van der Waals surface area contributed by atoms with Gasteiger partial charge >= 0.3 is 5.97 Å². The number of thiophene rings is 1. The topological polar surface area (TPSA) is 77.2 Å². The molecule has 0 aliphatic rings. The molecule has 6 nitrogen and oxygen atoms in total. The summed E-state index contributed by atoms with van der Waals surface area (Å²) in [5.74, 6) is -0.437. The van der Waals surface area contributed by atoms with Crippen molar-refractivity contribution in [2.45, 2.75) is 5.16 Å². The Labute approximate surface area is 128 Å². The van der Waals surface area contributed by atoms with Gasteiger partial charge in [0.1, 0.15) is 5.52 Å². The van der Waals surface area contributed by atoms with Crippen molar-refractivity contribution in [3.8, 4) is 11.6 Å². The number of aromatic nitrogens is 3. The summed E-state index contributed by atoms with van der Waals surface area (Å²) in [7, 11) is 1.56. The fourth-order valence-corrected chi connectivity index (χ4v) is 3.23. The summed E-state index contributed by atoms with van der Waals surface area (Å²) in [6.07, 6.45) is 0. The lowest BCUT2D eigenvalue weighted by Gasteiger charge is -2.05. The first-order valence-electron chi connectivity index (χ1n) is 5.99. The third-order valence-corrected chi connectivity index (χ3v) is 4.34. The highest BCUT2D eigenvalue weighted by molar-refractivity contribution is 7.99. The van der Waals surface area contributed by atoms with Crippen molar-refractivity contribution in [1.82, 2.24) is 14.5 Å². The molecule has 108 valence electrons. The van der Waals surface area contributed by atoms with Crippen LogP contribution in [0, 0.1) is 0 Å². The Kier molecular flexibility index (Phi) is 3.80. The van der Waals surface area contributed by atoms with Gasteiger partial charge in [0.15, 0.2) is 10.8 Å². The fraction of sp³-hybridized carbons (Fsp3) is 0.154. The molecular weight excluding hydrogens is 310 g/mol. The van der Waals surface area contributed by atoms with Crippen LogP contribution in [0.15, 0.2) is 34.1 Å². The summed E-state index contributed by atoms with van der Waals surface area (Å²) in [5, 5.41) is 13.4. The number of carbonyl (C=O) groups is 1. The molecule has 0 spiro atoms.